The van der Waals surface area contributed by atoms with Crippen LogP contribution in [0.2, 0.25) is 0 Å². The SMILES string of the molecule is CCn1c(S[C@@H](C)C(=O)NCc2cccs2)nnc1-c1ccccc1C. The molecule has 136 valence electrons. The van der Waals surface area contributed by atoms with Gasteiger partial charge in [-0.05, 0) is 37.8 Å². The molecule has 2 aromatic heterocycles. The van der Waals surface area contributed by atoms with Crippen LogP contribution in [0.1, 0.15) is 24.3 Å². The molecular formula is C19H22N4OS2. The number of thiophene rings is 1. The van der Waals surface area contributed by atoms with Crippen LogP contribution in [-0.2, 0) is 17.9 Å². The molecule has 2 heterocycles. The lowest BCUT2D eigenvalue weighted by Gasteiger charge is -2.13. The minimum atomic E-state index is -0.241. The lowest BCUT2D eigenvalue weighted by Crippen LogP contribution is -2.30. The van der Waals surface area contributed by atoms with Crippen LogP contribution < -0.4 is 5.32 Å². The highest BCUT2D eigenvalue weighted by molar-refractivity contribution is 8.00. The monoisotopic (exact) mass is 386 g/mol. The molecule has 0 aliphatic rings. The normalized spacial score (nSPS) is 12.1. The Labute approximate surface area is 161 Å². The standard InChI is InChI=1S/C19H22N4OS2/c1-4-23-17(16-10-6-5-8-13(16)2)21-22-19(23)26-14(3)18(24)20-12-15-9-7-11-25-15/h5-11,14H,4,12H2,1-3H3,(H,20,24)/t14-/m0/s1. The summed E-state index contributed by atoms with van der Waals surface area (Å²) in [5, 5.41) is 14.2. The van der Waals surface area contributed by atoms with Crippen molar-refractivity contribution in [3.63, 3.8) is 0 Å². The molecule has 0 radical (unpaired) electrons. The van der Waals surface area contributed by atoms with E-state index in [0.717, 1.165) is 33.5 Å². The van der Waals surface area contributed by atoms with Crippen molar-refractivity contribution in [1.29, 1.82) is 0 Å². The van der Waals surface area contributed by atoms with E-state index in [1.165, 1.54) is 11.8 Å². The second-order valence-electron chi connectivity index (χ2n) is 5.92. The van der Waals surface area contributed by atoms with Crippen LogP contribution in [0, 0.1) is 6.92 Å². The summed E-state index contributed by atoms with van der Waals surface area (Å²) in [5.41, 5.74) is 2.23. The molecular weight excluding hydrogens is 364 g/mol. The quantitative estimate of drug-likeness (QED) is 0.620. The minimum Gasteiger partial charge on any atom is -0.350 e. The predicted octanol–water partition coefficient (Wildman–Crippen LogP) is 4.13. The van der Waals surface area contributed by atoms with Gasteiger partial charge < -0.3 is 9.88 Å². The van der Waals surface area contributed by atoms with Gasteiger partial charge in [0.2, 0.25) is 5.91 Å². The van der Waals surface area contributed by atoms with Crippen LogP contribution in [0.5, 0.6) is 0 Å². The van der Waals surface area contributed by atoms with Crippen LogP contribution in [-0.4, -0.2) is 25.9 Å². The molecule has 0 saturated carbocycles. The summed E-state index contributed by atoms with van der Waals surface area (Å²) in [6.07, 6.45) is 0. The molecule has 1 N–H and O–H groups in total. The van der Waals surface area contributed by atoms with E-state index in [0.29, 0.717) is 6.54 Å². The first-order chi connectivity index (χ1) is 12.6. The number of nitrogens with one attached hydrogen (secondary N) is 1. The van der Waals surface area contributed by atoms with Gasteiger partial charge in [-0.2, -0.15) is 0 Å². The number of aryl methyl sites for hydroxylation is 1. The maximum Gasteiger partial charge on any atom is 0.233 e. The van der Waals surface area contributed by atoms with E-state index in [-0.39, 0.29) is 11.2 Å². The summed E-state index contributed by atoms with van der Waals surface area (Å²) in [6.45, 7) is 7.35. The van der Waals surface area contributed by atoms with Crippen LogP contribution >= 0.6 is 23.1 Å². The third-order valence-electron chi connectivity index (χ3n) is 4.09. The van der Waals surface area contributed by atoms with Gasteiger partial charge in [-0.15, -0.1) is 21.5 Å². The molecule has 5 nitrogen and oxygen atoms in total. The topological polar surface area (TPSA) is 59.8 Å². The summed E-state index contributed by atoms with van der Waals surface area (Å²) < 4.78 is 2.07. The molecule has 0 aliphatic carbocycles. The second kappa shape index (κ2) is 8.51. The Hall–Kier alpha value is -2.12. The zero-order valence-electron chi connectivity index (χ0n) is 15.1. The molecule has 26 heavy (non-hydrogen) atoms. The first kappa shape index (κ1) is 18.7. The third-order valence-corrected chi connectivity index (χ3v) is 6.04. The molecule has 0 unspecified atom stereocenters. The van der Waals surface area contributed by atoms with E-state index in [4.69, 9.17) is 0 Å². The molecule has 3 aromatic rings. The second-order valence-corrected chi connectivity index (χ2v) is 8.26. The van der Waals surface area contributed by atoms with Crippen LogP contribution in [0.15, 0.2) is 46.9 Å². The van der Waals surface area contributed by atoms with Gasteiger partial charge in [0, 0.05) is 17.0 Å². The third kappa shape index (κ3) is 4.16. The molecule has 0 saturated heterocycles. The largest absolute Gasteiger partial charge is 0.350 e. The maximum atomic E-state index is 12.4. The van der Waals surface area contributed by atoms with Crippen molar-refractivity contribution in [3.05, 3.63) is 52.2 Å². The van der Waals surface area contributed by atoms with Gasteiger partial charge in [0.1, 0.15) is 0 Å². The molecule has 0 aliphatic heterocycles. The van der Waals surface area contributed by atoms with Gasteiger partial charge in [-0.25, -0.2) is 0 Å². The fourth-order valence-electron chi connectivity index (χ4n) is 2.63. The molecule has 1 amide bonds. The van der Waals surface area contributed by atoms with Crippen molar-refractivity contribution >= 4 is 29.0 Å². The van der Waals surface area contributed by atoms with E-state index < -0.39 is 0 Å². The van der Waals surface area contributed by atoms with E-state index >= 15 is 0 Å². The van der Waals surface area contributed by atoms with Crippen LogP contribution in [0.3, 0.4) is 0 Å². The molecule has 1 atom stereocenters. The van der Waals surface area contributed by atoms with Gasteiger partial charge in [0.25, 0.3) is 0 Å². The van der Waals surface area contributed by atoms with Crippen molar-refractivity contribution in [3.8, 4) is 11.4 Å². The Kier molecular flexibility index (Phi) is 6.11. The summed E-state index contributed by atoms with van der Waals surface area (Å²) in [6, 6.07) is 12.1. The van der Waals surface area contributed by atoms with E-state index in [1.807, 2.05) is 36.6 Å². The first-order valence-electron chi connectivity index (χ1n) is 8.56. The summed E-state index contributed by atoms with van der Waals surface area (Å²) in [5.74, 6) is 0.853. The Balaban J connectivity index is 1.71. The molecule has 0 spiro atoms. The van der Waals surface area contributed by atoms with Crippen molar-refractivity contribution in [2.75, 3.05) is 0 Å². The predicted molar refractivity (Wildman–Crippen MR) is 107 cm³/mol. The number of carbonyl (C=O) groups is 1. The highest BCUT2D eigenvalue weighted by Crippen LogP contribution is 2.28. The van der Waals surface area contributed by atoms with Gasteiger partial charge >= 0.3 is 0 Å². The number of amides is 1. The van der Waals surface area contributed by atoms with E-state index in [1.54, 1.807) is 11.3 Å². The number of carbonyl (C=O) groups excluding carboxylic acids is 1. The Morgan fingerprint density at radius 1 is 1.27 bits per heavy atom. The fraction of sp³-hybridized carbons (Fsp3) is 0.316. The van der Waals surface area contributed by atoms with Gasteiger partial charge in [0.15, 0.2) is 11.0 Å². The molecule has 1 aromatic carbocycles. The number of hydrogen-bond acceptors (Lipinski definition) is 5. The average Bonchev–Trinajstić information content (AvgIpc) is 3.29. The summed E-state index contributed by atoms with van der Waals surface area (Å²) in [7, 11) is 0. The Morgan fingerprint density at radius 2 is 2.08 bits per heavy atom. The van der Waals surface area contributed by atoms with E-state index in [9.17, 15) is 4.79 Å². The Morgan fingerprint density at radius 3 is 2.77 bits per heavy atom. The molecule has 3 rings (SSSR count). The lowest BCUT2D eigenvalue weighted by molar-refractivity contribution is -0.120. The summed E-state index contributed by atoms with van der Waals surface area (Å²) >= 11 is 3.08. The lowest BCUT2D eigenvalue weighted by atomic mass is 10.1. The number of nitrogens with zero attached hydrogens (tertiary/aromatic N) is 3. The molecule has 0 fully saturated rings. The number of rotatable bonds is 7. The van der Waals surface area contributed by atoms with Crippen molar-refractivity contribution < 1.29 is 4.79 Å². The number of benzene rings is 1. The van der Waals surface area contributed by atoms with Gasteiger partial charge in [-0.3, -0.25) is 4.79 Å². The van der Waals surface area contributed by atoms with E-state index in [2.05, 4.69) is 46.1 Å². The Bertz CT molecular complexity index is 874. The van der Waals surface area contributed by atoms with Crippen molar-refractivity contribution in [2.24, 2.45) is 0 Å². The molecule has 0 bridgehead atoms. The highest BCUT2D eigenvalue weighted by atomic mass is 32.2. The smallest absolute Gasteiger partial charge is 0.233 e. The number of aromatic nitrogens is 3. The van der Waals surface area contributed by atoms with Crippen LogP contribution in [0.25, 0.3) is 11.4 Å². The zero-order chi connectivity index (χ0) is 18.5. The number of thioether (sulfide) groups is 1. The van der Waals surface area contributed by atoms with Crippen molar-refractivity contribution in [2.45, 2.75) is 44.3 Å². The van der Waals surface area contributed by atoms with Crippen molar-refractivity contribution in [1.82, 2.24) is 20.1 Å². The molecule has 7 heteroatoms. The van der Waals surface area contributed by atoms with Gasteiger partial charge in [-0.1, -0.05) is 42.1 Å². The summed E-state index contributed by atoms with van der Waals surface area (Å²) in [4.78, 5) is 13.5. The maximum absolute atomic E-state index is 12.4. The number of hydrogen-bond donors (Lipinski definition) is 1. The van der Waals surface area contributed by atoms with Gasteiger partial charge in [0.05, 0.1) is 11.8 Å². The minimum absolute atomic E-state index is 0.00601. The highest BCUT2D eigenvalue weighted by Gasteiger charge is 2.20. The average molecular weight is 387 g/mol. The van der Waals surface area contributed by atoms with Crippen LogP contribution in [0.4, 0.5) is 0 Å². The fourth-order valence-corrected chi connectivity index (χ4v) is 4.21. The zero-order valence-corrected chi connectivity index (χ0v) is 16.7. The first-order valence-corrected chi connectivity index (χ1v) is 10.3.